The number of fused-ring (bicyclic) bond motifs is 1. The molecule has 114 valence electrons. The molecular weight excluding hydrogens is 286 g/mol. The van der Waals surface area contributed by atoms with E-state index in [0.29, 0.717) is 17.9 Å². The fourth-order valence-corrected chi connectivity index (χ4v) is 3.38. The van der Waals surface area contributed by atoms with E-state index in [9.17, 15) is 0 Å². The van der Waals surface area contributed by atoms with E-state index in [1.54, 1.807) is 0 Å². The van der Waals surface area contributed by atoms with Crippen LogP contribution in [0.5, 0.6) is 0 Å². The van der Waals surface area contributed by atoms with Crippen molar-refractivity contribution < 1.29 is 4.74 Å². The molecule has 0 saturated carbocycles. The third-order valence-corrected chi connectivity index (χ3v) is 4.47. The van der Waals surface area contributed by atoms with Crippen molar-refractivity contribution in [1.29, 1.82) is 0 Å². The summed E-state index contributed by atoms with van der Waals surface area (Å²) >= 11 is 5.94. The molecule has 21 heavy (non-hydrogen) atoms. The Balaban J connectivity index is 1.96. The number of imidazole rings is 1. The summed E-state index contributed by atoms with van der Waals surface area (Å²) in [5.74, 6) is 2.17. The van der Waals surface area contributed by atoms with Crippen molar-refractivity contribution in [3.05, 3.63) is 23.7 Å². The minimum absolute atomic E-state index is 0.358. The van der Waals surface area contributed by atoms with Gasteiger partial charge >= 0.3 is 0 Å². The van der Waals surface area contributed by atoms with Crippen molar-refractivity contribution in [2.24, 2.45) is 5.92 Å². The van der Waals surface area contributed by atoms with E-state index < -0.39 is 0 Å². The van der Waals surface area contributed by atoms with Crippen molar-refractivity contribution in [2.75, 3.05) is 12.5 Å². The van der Waals surface area contributed by atoms with Crippen molar-refractivity contribution >= 4 is 22.8 Å². The molecule has 4 nitrogen and oxygen atoms in total. The van der Waals surface area contributed by atoms with Gasteiger partial charge in [0.15, 0.2) is 5.65 Å². The molecule has 3 heterocycles. The summed E-state index contributed by atoms with van der Waals surface area (Å²) in [6.07, 6.45) is 5.23. The lowest BCUT2D eigenvalue weighted by atomic mass is 9.99. The Bertz CT molecular complexity index is 625. The molecule has 3 rings (SSSR count). The van der Waals surface area contributed by atoms with Gasteiger partial charge in [0.05, 0.1) is 6.10 Å². The van der Waals surface area contributed by atoms with E-state index in [4.69, 9.17) is 21.3 Å². The van der Waals surface area contributed by atoms with Crippen LogP contribution in [0.2, 0.25) is 0 Å². The van der Waals surface area contributed by atoms with Gasteiger partial charge in [-0.05, 0) is 31.4 Å². The average molecular weight is 308 g/mol. The quantitative estimate of drug-likeness (QED) is 0.795. The first-order valence-corrected chi connectivity index (χ1v) is 8.25. The van der Waals surface area contributed by atoms with Gasteiger partial charge in [-0.25, -0.2) is 9.97 Å². The third-order valence-electron chi connectivity index (χ3n) is 4.28. The fraction of sp³-hybridized carbons (Fsp3) is 0.625. The number of aromatic nitrogens is 3. The average Bonchev–Trinajstić information content (AvgIpc) is 3.04. The smallest absolute Gasteiger partial charge is 0.160 e. The van der Waals surface area contributed by atoms with Crippen molar-refractivity contribution in [3.63, 3.8) is 0 Å². The van der Waals surface area contributed by atoms with E-state index >= 15 is 0 Å². The molecule has 0 aromatic carbocycles. The molecule has 0 spiro atoms. The zero-order valence-corrected chi connectivity index (χ0v) is 13.4. The standard InChI is InChI=1S/C16H22ClN3O/c1-3-14-12(5-7-21-14)10-20-15(4-6-17)19-13-8-11(2)9-18-16(13)20/h8-9,12,14H,3-7,10H2,1-2H3. The molecular formula is C16H22ClN3O. The number of alkyl halides is 1. The second-order valence-electron chi connectivity index (χ2n) is 5.80. The highest BCUT2D eigenvalue weighted by Crippen LogP contribution is 2.27. The number of hydrogen-bond donors (Lipinski definition) is 0. The summed E-state index contributed by atoms with van der Waals surface area (Å²) in [5, 5.41) is 0. The molecule has 0 N–H and O–H groups in total. The SMILES string of the molecule is CCC1OCCC1Cn1c(CCCl)nc2cc(C)cnc21. The van der Waals surface area contributed by atoms with E-state index in [1.807, 2.05) is 13.1 Å². The van der Waals surface area contributed by atoms with Gasteiger partial charge < -0.3 is 9.30 Å². The predicted octanol–water partition coefficient (Wildman–Crippen LogP) is 3.34. The Hall–Kier alpha value is -1.13. The first-order chi connectivity index (χ1) is 10.2. The van der Waals surface area contributed by atoms with Gasteiger partial charge in [0, 0.05) is 37.6 Å². The highest BCUT2D eigenvalue weighted by atomic mass is 35.5. The Kier molecular flexibility index (Phi) is 4.45. The lowest BCUT2D eigenvalue weighted by Gasteiger charge is -2.18. The van der Waals surface area contributed by atoms with Gasteiger partial charge in [-0.1, -0.05) is 6.92 Å². The van der Waals surface area contributed by atoms with Crippen LogP contribution in [0.15, 0.2) is 12.3 Å². The Labute approximate surface area is 130 Å². The van der Waals surface area contributed by atoms with Gasteiger partial charge in [-0.3, -0.25) is 0 Å². The molecule has 0 aliphatic carbocycles. The molecule has 2 aromatic heterocycles. The van der Waals surface area contributed by atoms with Crippen LogP contribution in [-0.4, -0.2) is 33.1 Å². The summed E-state index contributed by atoms with van der Waals surface area (Å²) in [4.78, 5) is 9.32. The van der Waals surface area contributed by atoms with Crippen LogP contribution in [0.25, 0.3) is 11.2 Å². The van der Waals surface area contributed by atoms with E-state index in [-0.39, 0.29) is 0 Å². The lowest BCUT2D eigenvalue weighted by molar-refractivity contribution is 0.0835. The Morgan fingerprint density at radius 2 is 2.33 bits per heavy atom. The summed E-state index contributed by atoms with van der Waals surface area (Å²) in [7, 11) is 0. The summed E-state index contributed by atoms with van der Waals surface area (Å²) in [6.45, 7) is 6.03. The number of hydrogen-bond acceptors (Lipinski definition) is 3. The predicted molar refractivity (Wildman–Crippen MR) is 84.8 cm³/mol. The van der Waals surface area contributed by atoms with Crippen LogP contribution in [0.4, 0.5) is 0 Å². The second kappa shape index (κ2) is 6.32. The highest BCUT2D eigenvalue weighted by Gasteiger charge is 2.28. The molecule has 2 atom stereocenters. The zero-order valence-electron chi connectivity index (χ0n) is 12.7. The van der Waals surface area contributed by atoms with Crippen LogP contribution in [0, 0.1) is 12.8 Å². The normalized spacial score (nSPS) is 22.2. The Morgan fingerprint density at radius 3 is 3.10 bits per heavy atom. The maximum atomic E-state index is 5.94. The van der Waals surface area contributed by atoms with Crippen LogP contribution >= 0.6 is 11.6 Å². The van der Waals surface area contributed by atoms with Crippen LogP contribution in [-0.2, 0) is 17.7 Å². The van der Waals surface area contributed by atoms with Crippen molar-refractivity contribution in [3.8, 4) is 0 Å². The Morgan fingerprint density at radius 1 is 1.48 bits per heavy atom. The van der Waals surface area contributed by atoms with E-state index in [0.717, 1.165) is 55.0 Å². The van der Waals surface area contributed by atoms with Crippen LogP contribution in [0.1, 0.15) is 31.2 Å². The highest BCUT2D eigenvalue weighted by molar-refractivity contribution is 6.17. The molecule has 1 aliphatic rings. The van der Waals surface area contributed by atoms with Gasteiger partial charge in [-0.15, -0.1) is 11.6 Å². The second-order valence-corrected chi connectivity index (χ2v) is 6.18. The third kappa shape index (κ3) is 2.92. The minimum Gasteiger partial charge on any atom is -0.378 e. The van der Waals surface area contributed by atoms with Gasteiger partial charge in [-0.2, -0.15) is 0 Å². The monoisotopic (exact) mass is 307 g/mol. The summed E-state index contributed by atoms with van der Waals surface area (Å²) < 4.78 is 8.06. The number of nitrogens with zero attached hydrogens (tertiary/aromatic N) is 3. The first kappa shape index (κ1) is 14.8. The molecule has 0 radical (unpaired) electrons. The first-order valence-electron chi connectivity index (χ1n) is 7.72. The molecule has 0 bridgehead atoms. The molecule has 1 saturated heterocycles. The molecule has 0 amide bonds. The van der Waals surface area contributed by atoms with Gasteiger partial charge in [0.1, 0.15) is 11.3 Å². The van der Waals surface area contributed by atoms with Crippen LogP contribution < -0.4 is 0 Å². The largest absolute Gasteiger partial charge is 0.378 e. The molecule has 1 fully saturated rings. The maximum absolute atomic E-state index is 5.94. The number of ether oxygens (including phenoxy) is 1. The maximum Gasteiger partial charge on any atom is 0.160 e. The molecule has 5 heteroatoms. The molecule has 2 aromatic rings. The van der Waals surface area contributed by atoms with E-state index in [1.165, 1.54) is 0 Å². The summed E-state index contributed by atoms with van der Waals surface area (Å²) in [5.41, 5.74) is 3.09. The molecule has 2 unspecified atom stereocenters. The van der Waals surface area contributed by atoms with E-state index in [2.05, 4.69) is 22.5 Å². The fourth-order valence-electron chi connectivity index (χ4n) is 3.21. The number of halogens is 1. The van der Waals surface area contributed by atoms with Gasteiger partial charge in [0.2, 0.25) is 0 Å². The zero-order chi connectivity index (χ0) is 14.8. The van der Waals surface area contributed by atoms with Crippen molar-refractivity contribution in [2.45, 2.75) is 45.8 Å². The number of rotatable bonds is 5. The number of aryl methyl sites for hydroxylation is 2. The van der Waals surface area contributed by atoms with Crippen molar-refractivity contribution in [1.82, 2.24) is 14.5 Å². The van der Waals surface area contributed by atoms with Crippen LogP contribution in [0.3, 0.4) is 0 Å². The van der Waals surface area contributed by atoms with Gasteiger partial charge in [0.25, 0.3) is 0 Å². The number of pyridine rings is 1. The topological polar surface area (TPSA) is 39.9 Å². The molecule has 1 aliphatic heterocycles. The lowest BCUT2D eigenvalue weighted by Crippen LogP contribution is -2.21. The minimum atomic E-state index is 0.358. The summed E-state index contributed by atoms with van der Waals surface area (Å²) in [6, 6.07) is 2.10.